The molecule has 0 aromatic rings. The molecule has 0 radical (unpaired) electrons. The van der Waals surface area contributed by atoms with Crippen LogP contribution in [-0.2, 0) is 14.4 Å². The van der Waals surface area contributed by atoms with Crippen LogP contribution in [0.4, 0.5) is 0 Å². The van der Waals surface area contributed by atoms with Crippen molar-refractivity contribution >= 4 is 6.41 Å². The van der Waals surface area contributed by atoms with Gasteiger partial charge in [0.1, 0.15) is 0 Å². The maximum absolute atomic E-state index is 11.6. The quantitative estimate of drug-likeness (QED) is 0.456. The Labute approximate surface area is 141 Å². The lowest BCUT2D eigenvalue weighted by Crippen LogP contribution is -2.43. The molecule has 1 amide bonds. The summed E-state index contributed by atoms with van der Waals surface area (Å²) in [5, 5.41) is 1.58. The van der Waals surface area contributed by atoms with Crippen LogP contribution in [0.3, 0.4) is 0 Å². The molecule has 2 aliphatic rings. The van der Waals surface area contributed by atoms with Crippen molar-refractivity contribution in [3.05, 3.63) is 0 Å². The van der Waals surface area contributed by atoms with Crippen LogP contribution < -0.4 is 0 Å². The molecule has 0 aromatic carbocycles. The first-order valence-corrected chi connectivity index (χ1v) is 9.76. The molecule has 1 aliphatic carbocycles. The molecule has 0 aromatic heterocycles. The van der Waals surface area contributed by atoms with Gasteiger partial charge in [-0.15, -0.1) is 0 Å². The number of nitrogens with zero attached hydrogens (tertiary/aromatic N) is 1. The summed E-state index contributed by atoms with van der Waals surface area (Å²) in [6.07, 6.45) is 13.9. The van der Waals surface area contributed by atoms with Gasteiger partial charge in [0.25, 0.3) is 0 Å². The molecule has 1 saturated carbocycles. The Kier molecular flexibility index (Phi) is 8.38. The van der Waals surface area contributed by atoms with Crippen LogP contribution in [0.5, 0.6) is 0 Å². The predicted molar refractivity (Wildman–Crippen MR) is 91.6 cm³/mol. The molecule has 4 heteroatoms. The van der Waals surface area contributed by atoms with Crippen molar-refractivity contribution in [2.75, 3.05) is 6.61 Å². The van der Waals surface area contributed by atoms with E-state index in [1.165, 1.54) is 38.5 Å². The molecule has 1 unspecified atom stereocenters. The monoisotopic (exact) mass is 325 g/mol. The minimum atomic E-state index is -0.241. The SMILES string of the molecule is CCC[C@@H]([C@H](C)CC1CCCCC1)N(C=O)OC1CCCCO1. The molecule has 1 saturated heterocycles. The molecule has 1 aliphatic heterocycles. The molecule has 2 fully saturated rings. The van der Waals surface area contributed by atoms with Gasteiger partial charge in [0, 0.05) is 13.0 Å². The van der Waals surface area contributed by atoms with E-state index >= 15 is 0 Å². The van der Waals surface area contributed by atoms with Crippen LogP contribution in [0.1, 0.15) is 84.5 Å². The van der Waals surface area contributed by atoms with Gasteiger partial charge in [0.05, 0.1) is 6.04 Å². The van der Waals surface area contributed by atoms with Gasteiger partial charge in [-0.1, -0.05) is 52.4 Å². The minimum Gasteiger partial charge on any atom is -0.350 e. The average molecular weight is 325 g/mol. The highest BCUT2D eigenvalue weighted by atomic mass is 16.8. The van der Waals surface area contributed by atoms with Gasteiger partial charge in [-0.25, -0.2) is 9.90 Å². The molecular formula is C19H35NO3. The zero-order valence-electron chi connectivity index (χ0n) is 15.0. The zero-order valence-corrected chi connectivity index (χ0v) is 15.0. The number of carbonyl (C=O) groups is 1. The summed E-state index contributed by atoms with van der Waals surface area (Å²) in [5.74, 6) is 1.31. The minimum absolute atomic E-state index is 0.171. The molecule has 2 rings (SSSR count). The maximum atomic E-state index is 11.6. The Balaban J connectivity index is 1.90. The number of hydrogen-bond donors (Lipinski definition) is 0. The Morgan fingerprint density at radius 1 is 1.17 bits per heavy atom. The predicted octanol–water partition coefficient (Wildman–Crippen LogP) is 4.68. The number of carbonyl (C=O) groups excluding carboxylic acids is 1. The summed E-state index contributed by atoms with van der Waals surface area (Å²) in [6, 6.07) is 0.171. The number of amides is 1. The lowest BCUT2D eigenvalue weighted by molar-refractivity contribution is -0.290. The van der Waals surface area contributed by atoms with Crippen LogP contribution in [0.2, 0.25) is 0 Å². The van der Waals surface area contributed by atoms with E-state index in [1.807, 2.05) is 0 Å². The van der Waals surface area contributed by atoms with Crippen molar-refractivity contribution in [3.63, 3.8) is 0 Å². The second-order valence-electron chi connectivity index (χ2n) is 7.44. The molecular weight excluding hydrogens is 290 g/mol. The van der Waals surface area contributed by atoms with Crippen LogP contribution >= 0.6 is 0 Å². The van der Waals surface area contributed by atoms with Gasteiger partial charge in [-0.3, -0.25) is 4.79 Å². The fourth-order valence-electron chi connectivity index (χ4n) is 4.18. The van der Waals surface area contributed by atoms with E-state index < -0.39 is 0 Å². The molecule has 0 spiro atoms. The average Bonchev–Trinajstić information content (AvgIpc) is 2.59. The van der Waals surface area contributed by atoms with E-state index in [0.29, 0.717) is 5.92 Å². The fourth-order valence-corrected chi connectivity index (χ4v) is 4.18. The lowest BCUT2D eigenvalue weighted by atomic mass is 9.80. The van der Waals surface area contributed by atoms with Crippen molar-refractivity contribution in [1.82, 2.24) is 5.06 Å². The first-order valence-electron chi connectivity index (χ1n) is 9.76. The molecule has 0 N–H and O–H groups in total. The van der Waals surface area contributed by atoms with Crippen molar-refractivity contribution < 1.29 is 14.4 Å². The van der Waals surface area contributed by atoms with Gasteiger partial charge >= 0.3 is 0 Å². The summed E-state index contributed by atoms with van der Waals surface area (Å²) in [4.78, 5) is 17.5. The number of hydrogen-bond acceptors (Lipinski definition) is 3. The third kappa shape index (κ3) is 6.07. The number of ether oxygens (including phenoxy) is 1. The Bertz CT molecular complexity index is 325. The fraction of sp³-hybridized carbons (Fsp3) is 0.947. The molecule has 3 atom stereocenters. The smallest absolute Gasteiger partial charge is 0.233 e. The second kappa shape index (κ2) is 10.3. The van der Waals surface area contributed by atoms with Crippen LogP contribution in [-0.4, -0.2) is 30.4 Å². The summed E-state index contributed by atoms with van der Waals surface area (Å²) in [7, 11) is 0. The molecule has 134 valence electrons. The van der Waals surface area contributed by atoms with E-state index in [4.69, 9.17) is 9.57 Å². The summed E-state index contributed by atoms with van der Waals surface area (Å²) >= 11 is 0. The standard InChI is InChI=1S/C19H35NO3/c1-3-9-18(16(2)14-17-10-5-4-6-11-17)20(15-21)23-19-12-7-8-13-22-19/h15-19H,3-14H2,1-2H3/t16-,18+,19?/m1/s1. The first-order chi connectivity index (χ1) is 11.2. The molecule has 4 nitrogen and oxygen atoms in total. The third-order valence-corrected chi connectivity index (χ3v) is 5.48. The largest absolute Gasteiger partial charge is 0.350 e. The van der Waals surface area contributed by atoms with Crippen molar-refractivity contribution in [1.29, 1.82) is 0 Å². The van der Waals surface area contributed by atoms with Gasteiger partial charge in [-0.2, -0.15) is 0 Å². The molecule has 0 bridgehead atoms. The Hall–Kier alpha value is -0.610. The summed E-state index contributed by atoms with van der Waals surface area (Å²) < 4.78 is 5.65. The highest BCUT2D eigenvalue weighted by molar-refractivity contribution is 5.45. The van der Waals surface area contributed by atoms with E-state index in [2.05, 4.69) is 13.8 Å². The lowest BCUT2D eigenvalue weighted by Gasteiger charge is -2.36. The highest BCUT2D eigenvalue weighted by Gasteiger charge is 2.29. The van der Waals surface area contributed by atoms with E-state index in [0.717, 1.165) is 51.0 Å². The highest BCUT2D eigenvalue weighted by Crippen LogP contribution is 2.32. The zero-order chi connectivity index (χ0) is 16.5. The first kappa shape index (κ1) is 18.7. The summed E-state index contributed by atoms with van der Waals surface area (Å²) in [6.45, 7) is 5.21. The topological polar surface area (TPSA) is 38.8 Å². The van der Waals surface area contributed by atoms with Gasteiger partial charge in [0.2, 0.25) is 6.41 Å². The maximum Gasteiger partial charge on any atom is 0.233 e. The van der Waals surface area contributed by atoms with Crippen LogP contribution in [0, 0.1) is 11.8 Å². The Morgan fingerprint density at radius 2 is 1.91 bits per heavy atom. The van der Waals surface area contributed by atoms with Crippen molar-refractivity contribution in [3.8, 4) is 0 Å². The molecule has 23 heavy (non-hydrogen) atoms. The normalized spacial score (nSPS) is 25.7. The van der Waals surface area contributed by atoms with Crippen LogP contribution in [0.25, 0.3) is 0 Å². The Morgan fingerprint density at radius 3 is 2.52 bits per heavy atom. The van der Waals surface area contributed by atoms with Crippen LogP contribution in [0.15, 0.2) is 0 Å². The van der Waals surface area contributed by atoms with Gasteiger partial charge in [-0.05, 0) is 37.5 Å². The van der Waals surface area contributed by atoms with E-state index in [9.17, 15) is 4.79 Å². The second-order valence-corrected chi connectivity index (χ2v) is 7.44. The van der Waals surface area contributed by atoms with Crippen molar-refractivity contribution in [2.24, 2.45) is 11.8 Å². The number of hydroxylamine groups is 2. The van der Waals surface area contributed by atoms with Gasteiger partial charge in [0.15, 0.2) is 6.29 Å². The number of rotatable bonds is 9. The third-order valence-electron chi connectivity index (χ3n) is 5.48. The molecule has 1 heterocycles. The van der Waals surface area contributed by atoms with E-state index in [1.54, 1.807) is 5.06 Å². The van der Waals surface area contributed by atoms with Crippen molar-refractivity contribution in [2.45, 2.75) is 96.8 Å². The summed E-state index contributed by atoms with van der Waals surface area (Å²) in [5.41, 5.74) is 0. The van der Waals surface area contributed by atoms with E-state index in [-0.39, 0.29) is 12.3 Å². The van der Waals surface area contributed by atoms with Gasteiger partial charge < -0.3 is 4.74 Å².